The summed E-state index contributed by atoms with van der Waals surface area (Å²) in [7, 11) is -1.25. The van der Waals surface area contributed by atoms with Crippen LogP contribution >= 0.6 is 0 Å². The van der Waals surface area contributed by atoms with Crippen molar-refractivity contribution in [3.8, 4) is 5.69 Å². The molecule has 2 aromatic rings. The summed E-state index contributed by atoms with van der Waals surface area (Å²) in [5, 5.41) is 4.31. The van der Waals surface area contributed by atoms with Gasteiger partial charge in [0.2, 0.25) is 0 Å². The van der Waals surface area contributed by atoms with Gasteiger partial charge >= 0.3 is 6.18 Å². The zero-order valence-electron chi connectivity index (χ0n) is 13.8. The average molecular weight is 360 g/mol. The second kappa shape index (κ2) is 6.64. The molecule has 0 fully saturated rings. The molecule has 0 aliphatic rings. The van der Waals surface area contributed by atoms with Crippen molar-refractivity contribution in [2.45, 2.75) is 44.7 Å². The minimum Gasteiger partial charge on any atom is -0.250 e. The molecule has 1 N–H and O–H groups in total. The Labute approximate surface area is 140 Å². The Bertz CT molecular complexity index is 720. The number of aromatic nitrogens is 3. The fourth-order valence-electron chi connectivity index (χ4n) is 1.80. The highest BCUT2D eigenvalue weighted by molar-refractivity contribution is 7.84. The van der Waals surface area contributed by atoms with Crippen molar-refractivity contribution >= 4 is 11.0 Å². The molecular formula is C15H19F3N4OS. The van der Waals surface area contributed by atoms with Gasteiger partial charge in [-0.25, -0.2) is 18.6 Å². The fourth-order valence-corrected chi connectivity index (χ4v) is 2.60. The Kier molecular flexibility index (Phi) is 5.14. The number of halogens is 3. The van der Waals surface area contributed by atoms with Gasteiger partial charge in [-0.1, -0.05) is 0 Å². The molecule has 2 atom stereocenters. The molecule has 24 heavy (non-hydrogen) atoms. The van der Waals surface area contributed by atoms with Gasteiger partial charge in [0.25, 0.3) is 0 Å². The smallest absolute Gasteiger partial charge is 0.250 e. The summed E-state index contributed by atoms with van der Waals surface area (Å²) in [6.45, 7) is 7.39. The fraction of sp³-hybridized carbons (Fsp3) is 0.467. The van der Waals surface area contributed by atoms with E-state index in [4.69, 9.17) is 0 Å². The van der Waals surface area contributed by atoms with Crippen molar-refractivity contribution < 1.29 is 17.4 Å². The molecule has 0 aliphatic carbocycles. The van der Waals surface area contributed by atoms with Crippen LogP contribution in [-0.4, -0.2) is 23.7 Å². The predicted octanol–water partition coefficient (Wildman–Crippen LogP) is 3.40. The summed E-state index contributed by atoms with van der Waals surface area (Å²) in [5.74, 6) is 0. The van der Waals surface area contributed by atoms with Gasteiger partial charge in [-0.2, -0.15) is 18.3 Å². The van der Waals surface area contributed by atoms with Gasteiger partial charge in [-0.3, -0.25) is 0 Å². The van der Waals surface area contributed by atoms with E-state index in [1.807, 2.05) is 27.7 Å². The SMILES string of the molecule is C[C@H](N[S@](=O)C(C)(C)C)c1ccn(-c2ccc(C(F)(F)F)nc2)n1. The minimum atomic E-state index is -4.47. The van der Waals surface area contributed by atoms with Crippen LogP contribution in [0, 0.1) is 0 Å². The zero-order valence-corrected chi connectivity index (χ0v) is 14.6. The highest BCUT2D eigenvalue weighted by Crippen LogP contribution is 2.27. The minimum absolute atomic E-state index is 0.270. The van der Waals surface area contributed by atoms with Crippen LogP contribution in [-0.2, 0) is 17.2 Å². The van der Waals surface area contributed by atoms with Gasteiger partial charge in [-0.05, 0) is 45.9 Å². The number of nitrogens with zero attached hydrogens (tertiary/aromatic N) is 3. The van der Waals surface area contributed by atoms with Gasteiger partial charge in [0.1, 0.15) is 5.69 Å². The molecule has 2 aromatic heterocycles. The molecule has 0 saturated carbocycles. The third-order valence-electron chi connectivity index (χ3n) is 3.20. The van der Waals surface area contributed by atoms with Crippen molar-refractivity contribution in [1.82, 2.24) is 19.5 Å². The molecule has 5 nitrogen and oxygen atoms in total. The maximum Gasteiger partial charge on any atom is 0.433 e. The lowest BCUT2D eigenvalue weighted by molar-refractivity contribution is -0.141. The van der Waals surface area contributed by atoms with E-state index >= 15 is 0 Å². The average Bonchev–Trinajstić information content (AvgIpc) is 2.95. The lowest BCUT2D eigenvalue weighted by Crippen LogP contribution is -2.35. The largest absolute Gasteiger partial charge is 0.433 e. The van der Waals surface area contributed by atoms with E-state index in [0.29, 0.717) is 11.4 Å². The van der Waals surface area contributed by atoms with Gasteiger partial charge in [0, 0.05) is 6.20 Å². The summed E-state index contributed by atoms with van der Waals surface area (Å²) in [6.07, 6.45) is -1.73. The third kappa shape index (κ3) is 4.41. The van der Waals surface area contributed by atoms with Gasteiger partial charge in [0.05, 0.1) is 39.4 Å². The van der Waals surface area contributed by atoms with Crippen LogP contribution in [0.2, 0.25) is 0 Å². The van der Waals surface area contributed by atoms with Crippen LogP contribution in [0.4, 0.5) is 13.2 Å². The molecule has 0 spiro atoms. The monoisotopic (exact) mass is 360 g/mol. The molecule has 0 bridgehead atoms. The normalized spacial score (nSPS) is 15.3. The Morgan fingerprint density at radius 1 is 1.21 bits per heavy atom. The van der Waals surface area contributed by atoms with Crippen LogP contribution in [0.25, 0.3) is 5.69 Å². The van der Waals surface area contributed by atoms with Crippen LogP contribution in [0.15, 0.2) is 30.6 Å². The molecule has 0 amide bonds. The predicted molar refractivity (Wildman–Crippen MR) is 85.8 cm³/mol. The molecule has 2 heterocycles. The molecule has 0 unspecified atom stereocenters. The molecular weight excluding hydrogens is 341 g/mol. The second-order valence-electron chi connectivity index (χ2n) is 6.31. The third-order valence-corrected chi connectivity index (χ3v) is 4.88. The summed E-state index contributed by atoms with van der Waals surface area (Å²) in [6, 6.07) is 3.66. The maximum atomic E-state index is 12.5. The Hall–Kier alpha value is -1.74. The number of nitrogens with one attached hydrogen (secondary N) is 1. The van der Waals surface area contributed by atoms with E-state index in [9.17, 15) is 17.4 Å². The topological polar surface area (TPSA) is 59.8 Å². The Morgan fingerprint density at radius 3 is 2.38 bits per heavy atom. The summed E-state index contributed by atoms with van der Waals surface area (Å²) < 4.78 is 53.7. The molecule has 0 radical (unpaired) electrons. The van der Waals surface area contributed by atoms with E-state index in [1.54, 1.807) is 12.3 Å². The number of pyridine rings is 1. The van der Waals surface area contributed by atoms with Crippen LogP contribution < -0.4 is 4.72 Å². The first-order valence-corrected chi connectivity index (χ1v) is 8.40. The number of rotatable bonds is 4. The van der Waals surface area contributed by atoms with Crippen molar-refractivity contribution in [3.63, 3.8) is 0 Å². The highest BCUT2D eigenvalue weighted by atomic mass is 32.2. The van der Waals surface area contributed by atoms with Crippen LogP contribution in [0.1, 0.15) is 45.1 Å². The van der Waals surface area contributed by atoms with Crippen LogP contribution in [0.3, 0.4) is 0 Å². The first-order chi connectivity index (χ1) is 11.0. The lowest BCUT2D eigenvalue weighted by Gasteiger charge is -2.21. The van der Waals surface area contributed by atoms with E-state index in [0.717, 1.165) is 12.3 Å². The lowest BCUT2D eigenvalue weighted by atomic mass is 10.3. The quantitative estimate of drug-likeness (QED) is 0.909. The van der Waals surface area contributed by atoms with Crippen molar-refractivity contribution in [1.29, 1.82) is 0 Å². The summed E-state index contributed by atoms with van der Waals surface area (Å²) in [4.78, 5) is 3.41. The van der Waals surface area contributed by atoms with Crippen molar-refractivity contribution in [2.75, 3.05) is 0 Å². The zero-order chi connectivity index (χ0) is 18.1. The molecule has 0 aromatic carbocycles. The van der Waals surface area contributed by atoms with Gasteiger partial charge < -0.3 is 0 Å². The Balaban J connectivity index is 2.14. The Morgan fingerprint density at radius 2 is 1.88 bits per heavy atom. The molecule has 0 saturated heterocycles. The summed E-state index contributed by atoms with van der Waals surface area (Å²) >= 11 is 0. The standard InChI is InChI=1S/C15H19F3N4OS/c1-10(21-24(23)14(2,3)4)12-7-8-22(20-12)11-5-6-13(19-9-11)15(16,17)18/h5-10,21H,1-4H3/t10-,24+/m0/s1. The van der Waals surface area contributed by atoms with E-state index < -0.39 is 27.6 Å². The molecule has 0 aliphatic heterocycles. The van der Waals surface area contributed by atoms with Crippen molar-refractivity contribution in [2.24, 2.45) is 0 Å². The first-order valence-electron chi connectivity index (χ1n) is 7.26. The van der Waals surface area contributed by atoms with Crippen LogP contribution in [0.5, 0.6) is 0 Å². The maximum absolute atomic E-state index is 12.5. The highest BCUT2D eigenvalue weighted by Gasteiger charge is 2.32. The number of alkyl halides is 3. The molecule has 132 valence electrons. The summed E-state index contributed by atoms with van der Waals surface area (Å²) in [5.41, 5.74) is 0.0973. The van der Waals surface area contributed by atoms with E-state index in [2.05, 4.69) is 14.8 Å². The number of hydrogen-bond acceptors (Lipinski definition) is 3. The second-order valence-corrected chi connectivity index (χ2v) is 8.30. The van der Waals surface area contributed by atoms with E-state index in [1.165, 1.54) is 10.7 Å². The van der Waals surface area contributed by atoms with Crippen molar-refractivity contribution in [3.05, 3.63) is 42.0 Å². The van der Waals surface area contributed by atoms with E-state index in [-0.39, 0.29) is 6.04 Å². The first kappa shape index (κ1) is 18.6. The van der Waals surface area contributed by atoms with Gasteiger partial charge in [0.15, 0.2) is 0 Å². The number of hydrogen-bond donors (Lipinski definition) is 1. The van der Waals surface area contributed by atoms with Gasteiger partial charge in [-0.15, -0.1) is 0 Å². The molecule has 2 rings (SSSR count). The molecule has 9 heteroatoms.